The number of hydrogen-bond donors (Lipinski definition) is 0. The van der Waals surface area contributed by atoms with Gasteiger partial charge in [-0.15, -0.1) is 11.8 Å². The van der Waals surface area contributed by atoms with Crippen molar-refractivity contribution in [1.29, 1.82) is 0 Å². The van der Waals surface area contributed by atoms with Crippen molar-refractivity contribution in [2.45, 2.75) is 11.4 Å². The first-order chi connectivity index (χ1) is 11.3. The summed E-state index contributed by atoms with van der Waals surface area (Å²) in [6.45, 7) is 0.594. The van der Waals surface area contributed by atoms with E-state index < -0.39 is 0 Å². The summed E-state index contributed by atoms with van der Waals surface area (Å²) in [6, 6.07) is 18.7. The van der Waals surface area contributed by atoms with E-state index >= 15 is 0 Å². The Hall–Kier alpha value is -1.97. The number of nitrogens with zero attached hydrogens (tertiary/aromatic N) is 2. The molecule has 0 saturated heterocycles. The van der Waals surface area contributed by atoms with Gasteiger partial charge in [0.05, 0.1) is 23.6 Å². The lowest BCUT2D eigenvalue weighted by Gasteiger charge is -2.11. The lowest BCUT2D eigenvalue weighted by atomic mass is 10.1. The second kappa shape index (κ2) is 5.91. The van der Waals surface area contributed by atoms with Gasteiger partial charge in [-0.25, -0.2) is 0 Å². The Morgan fingerprint density at radius 1 is 1.04 bits per heavy atom. The van der Waals surface area contributed by atoms with E-state index in [1.54, 1.807) is 11.8 Å². The molecule has 1 aliphatic heterocycles. The third-order valence-corrected chi connectivity index (χ3v) is 5.20. The van der Waals surface area contributed by atoms with E-state index in [4.69, 9.17) is 16.6 Å². The SMILES string of the molecule is CSc1ccc(C2=NCc3c(Cl)cccc3-n3cccc32)cc1. The van der Waals surface area contributed by atoms with Crippen molar-refractivity contribution in [2.24, 2.45) is 4.99 Å². The van der Waals surface area contributed by atoms with E-state index in [0.29, 0.717) is 6.54 Å². The van der Waals surface area contributed by atoms with Crippen LogP contribution in [-0.4, -0.2) is 16.5 Å². The Morgan fingerprint density at radius 2 is 1.87 bits per heavy atom. The topological polar surface area (TPSA) is 17.3 Å². The highest BCUT2D eigenvalue weighted by atomic mass is 35.5. The lowest BCUT2D eigenvalue weighted by Crippen LogP contribution is -2.08. The van der Waals surface area contributed by atoms with E-state index in [0.717, 1.165) is 33.2 Å². The van der Waals surface area contributed by atoms with Crippen molar-refractivity contribution < 1.29 is 0 Å². The monoisotopic (exact) mass is 338 g/mol. The maximum Gasteiger partial charge on any atom is 0.0891 e. The van der Waals surface area contributed by atoms with Gasteiger partial charge < -0.3 is 4.57 Å². The molecule has 0 atom stereocenters. The van der Waals surface area contributed by atoms with E-state index in [1.807, 2.05) is 12.1 Å². The van der Waals surface area contributed by atoms with Gasteiger partial charge in [-0.05, 0) is 42.7 Å². The molecule has 0 unspecified atom stereocenters. The molecule has 0 N–H and O–H groups in total. The second-order valence-corrected chi connectivity index (χ2v) is 6.68. The van der Waals surface area contributed by atoms with E-state index in [2.05, 4.69) is 59.5 Å². The summed E-state index contributed by atoms with van der Waals surface area (Å²) < 4.78 is 2.18. The number of fused-ring (bicyclic) bond motifs is 3. The third kappa shape index (κ3) is 2.50. The van der Waals surface area contributed by atoms with Crippen LogP contribution in [0.5, 0.6) is 0 Å². The molecule has 4 heteroatoms. The van der Waals surface area contributed by atoms with Crippen LogP contribution in [0, 0.1) is 0 Å². The smallest absolute Gasteiger partial charge is 0.0891 e. The standard InChI is InChI=1S/C19H15ClN2S/c1-23-14-9-7-13(8-10-14)19-18-6-3-11-22(18)17-5-2-4-16(20)15(17)12-21-19/h2-11H,12H2,1H3. The molecule has 0 fully saturated rings. The Balaban J connectivity index is 1.89. The fourth-order valence-electron chi connectivity index (χ4n) is 2.94. The zero-order valence-electron chi connectivity index (χ0n) is 12.7. The number of thioether (sulfide) groups is 1. The van der Waals surface area contributed by atoms with Crippen LogP contribution in [0.25, 0.3) is 5.69 Å². The Labute approximate surface area is 144 Å². The first-order valence-corrected chi connectivity index (χ1v) is 9.02. The average molecular weight is 339 g/mol. The maximum absolute atomic E-state index is 6.40. The van der Waals surface area contributed by atoms with Crippen molar-refractivity contribution in [3.63, 3.8) is 0 Å². The van der Waals surface area contributed by atoms with E-state index in [-0.39, 0.29) is 0 Å². The van der Waals surface area contributed by atoms with E-state index in [9.17, 15) is 0 Å². The number of hydrogen-bond acceptors (Lipinski definition) is 2. The predicted molar refractivity (Wildman–Crippen MR) is 98.3 cm³/mol. The molecule has 1 aliphatic rings. The van der Waals surface area contributed by atoms with Crippen LogP contribution in [-0.2, 0) is 6.54 Å². The molecule has 0 amide bonds. The van der Waals surface area contributed by atoms with Gasteiger partial charge in [0.25, 0.3) is 0 Å². The van der Waals surface area contributed by atoms with Crippen molar-refractivity contribution in [3.8, 4) is 5.69 Å². The van der Waals surface area contributed by atoms with Gasteiger partial charge >= 0.3 is 0 Å². The van der Waals surface area contributed by atoms with Crippen molar-refractivity contribution >= 4 is 29.1 Å². The van der Waals surface area contributed by atoms with Gasteiger partial charge in [-0.2, -0.15) is 0 Å². The molecule has 114 valence electrons. The molecule has 2 aromatic carbocycles. The Morgan fingerprint density at radius 3 is 2.65 bits per heavy atom. The molecule has 0 bridgehead atoms. The van der Waals surface area contributed by atoms with Gasteiger partial charge in [-0.1, -0.05) is 29.8 Å². The second-order valence-electron chi connectivity index (χ2n) is 5.39. The summed E-state index contributed by atoms with van der Waals surface area (Å²) in [7, 11) is 0. The van der Waals surface area contributed by atoms with Gasteiger partial charge in [-0.3, -0.25) is 4.99 Å². The molecular formula is C19H15ClN2S. The average Bonchev–Trinajstić information content (AvgIpc) is 3.00. The Bertz CT molecular complexity index is 894. The zero-order valence-corrected chi connectivity index (χ0v) is 14.2. The summed E-state index contributed by atoms with van der Waals surface area (Å²) in [4.78, 5) is 6.12. The number of benzene rings is 2. The van der Waals surface area contributed by atoms with Crippen molar-refractivity contribution in [1.82, 2.24) is 4.57 Å². The number of aliphatic imine (C=N–C) groups is 1. The predicted octanol–water partition coefficient (Wildman–Crippen LogP) is 5.20. The molecule has 0 radical (unpaired) electrons. The van der Waals surface area contributed by atoms with Crippen LogP contribution in [0.4, 0.5) is 0 Å². The molecule has 0 aliphatic carbocycles. The highest BCUT2D eigenvalue weighted by molar-refractivity contribution is 7.98. The molecule has 1 aromatic heterocycles. The number of halogens is 1. The summed E-state index contributed by atoms with van der Waals surface area (Å²) >= 11 is 8.14. The normalized spacial score (nSPS) is 13.0. The summed E-state index contributed by atoms with van der Waals surface area (Å²) in [6.07, 6.45) is 4.16. The minimum atomic E-state index is 0.594. The highest BCUT2D eigenvalue weighted by Gasteiger charge is 2.19. The highest BCUT2D eigenvalue weighted by Crippen LogP contribution is 2.30. The summed E-state index contributed by atoms with van der Waals surface area (Å²) in [5.41, 5.74) is 5.42. The van der Waals surface area contributed by atoms with Crippen LogP contribution >= 0.6 is 23.4 Å². The van der Waals surface area contributed by atoms with Gasteiger partial charge in [0, 0.05) is 27.2 Å². The molecule has 0 spiro atoms. The number of rotatable bonds is 2. The fraction of sp³-hybridized carbons (Fsp3) is 0.105. The number of aromatic nitrogens is 1. The molecule has 4 rings (SSSR count). The van der Waals surface area contributed by atoms with Crippen molar-refractivity contribution in [3.05, 3.63) is 82.6 Å². The van der Waals surface area contributed by atoms with Gasteiger partial charge in [0.1, 0.15) is 0 Å². The van der Waals surface area contributed by atoms with Crippen LogP contribution in [0.1, 0.15) is 16.8 Å². The largest absolute Gasteiger partial charge is 0.315 e. The Kier molecular flexibility index (Phi) is 3.76. The summed E-state index contributed by atoms with van der Waals surface area (Å²) in [5, 5.41) is 0.768. The quantitative estimate of drug-likeness (QED) is 0.587. The van der Waals surface area contributed by atoms with Gasteiger partial charge in [0.15, 0.2) is 0 Å². The third-order valence-electron chi connectivity index (χ3n) is 4.10. The first-order valence-electron chi connectivity index (χ1n) is 7.42. The molecule has 3 aromatic rings. The van der Waals surface area contributed by atoms with Gasteiger partial charge in [0.2, 0.25) is 0 Å². The fourth-order valence-corrected chi connectivity index (χ4v) is 3.58. The van der Waals surface area contributed by atoms with Crippen molar-refractivity contribution in [2.75, 3.05) is 6.26 Å². The minimum Gasteiger partial charge on any atom is -0.315 e. The molecular weight excluding hydrogens is 324 g/mol. The zero-order chi connectivity index (χ0) is 15.8. The van der Waals surface area contributed by atoms with Crippen LogP contribution in [0.2, 0.25) is 5.02 Å². The van der Waals surface area contributed by atoms with Crippen LogP contribution < -0.4 is 0 Å². The van der Waals surface area contributed by atoms with Crippen LogP contribution in [0.15, 0.2) is 70.7 Å². The van der Waals surface area contributed by atoms with E-state index in [1.165, 1.54) is 4.90 Å². The molecule has 0 saturated carbocycles. The minimum absolute atomic E-state index is 0.594. The molecule has 23 heavy (non-hydrogen) atoms. The molecule has 2 heterocycles. The lowest BCUT2D eigenvalue weighted by molar-refractivity contribution is 1.02. The van der Waals surface area contributed by atoms with Crippen LogP contribution in [0.3, 0.4) is 0 Å². The first kappa shape index (κ1) is 14.6. The molecule has 2 nitrogen and oxygen atoms in total. The maximum atomic E-state index is 6.40. The summed E-state index contributed by atoms with van der Waals surface area (Å²) in [5.74, 6) is 0.